The number of rotatable bonds is 2. The molecule has 0 atom stereocenters. The van der Waals surface area contributed by atoms with Crippen LogP contribution in [0.1, 0.15) is 26.3 Å². The number of hydrogen-bond donors (Lipinski definition) is 0. The van der Waals surface area contributed by atoms with Gasteiger partial charge in [0.2, 0.25) is 0 Å². The Balaban J connectivity index is 1.89. The lowest BCUT2D eigenvalue weighted by atomic mass is 10.1. The number of carbonyl (C=O) groups is 1. The molecule has 0 aromatic heterocycles. The molecule has 0 unspecified atom stereocenters. The molecular weight excluding hydrogens is 266 g/mol. The topological polar surface area (TPSA) is 56.6 Å². The molecule has 0 N–H and O–H groups in total. The molecule has 1 aliphatic rings. The van der Waals surface area contributed by atoms with E-state index < -0.39 is 5.60 Å². The minimum absolute atomic E-state index is 0.257. The second-order valence-electron chi connectivity index (χ2n) is 6.31. The number of amides is 1. The second kappa shape index (κ2) is 5.65. The molecule has 1 heterocycles. The molecule has 0 radical (unpaired) electrons. The van der Waals surface area contributed by atoms with Gasteiger partial charge in [-0.15, -0.1) is 0 Å². The van der Waals surface area contributed by atoms with Gasteiger partial charge in [-0.25, -0.2) is 4.79 Å². The van der Waals surface area contributed by atoms with Crippen molar-refractivity contribution in [3.8, 4) is 6.07 Å². The number of ether oxygens (including phenoxy) is 1. The average Bonchev–Trinajstić information content (AvgIpc) is 2.34. The van der Waals surface area contributed by atoms with Crippen LogP contribution in [0.5, 0.6) is 0 Å². The van der Waals surface area contributed by atoms with E-state index in [9.17, 15) is 4.79 Å². The highest BCUT2D eigenvalue weighted by molar-refractivity contribution is 5.70. The zero-order valence-electron chi connectivity index (χ0n) is 13.0. The fourth-order valence-corrected chi connectivity index (χ4v) is 2.16. The molecule has 5 nitrogen and oxygen atoms in total. The summed E-state index contributed by atoms with van der Waals surface area (Å²) >= 11 is 0. The fourth-order valence-electron chi connectivity index (χ4n) is 2.16. The van der Waals surface area contributed by atoms with Crippen molar-refractivity contribution >= 4 is 11.8 Å². The Morgan fingerprint density at radius 2 is 1.90 bits per heavy atom. The molecule has 5 heteroatoms. The third kappa shape index (κ3) is 3.66. The lowest BCUT2D eigenvalue weighted by Crippen LogP contribution is -2.61. The summed E-state index contributed by atoms with van der Waals surface area (Å²) in [5.41, 5.74) is 1.24. The van der Waals surface area contributed by atoms with Gasteiger partial charge in [-0.3, -0.25) is 0 Å². The second-order valence-corrected chi connectivity index (χ2v) is 6.31. The molecule has 1 amide bonds. The lowest BCUT2D eigenvalue weighted by Gasteiger charge is -2.44. The van der Waals surface area contributed by atoms with Crippen molar-refractivity contribution in [3.63, 3.8) is 0 Å². The first kappa shape index (κ1) is 15.2. The molecule has 1 aliphatic heterocycles. The third-order valence-corrected chi connectivity index (χ3v) is 3.47. The van der Waals surface area contributed by atoms with Gasteiger partial charge in [-0.2, -0.15) is 5.26 Å². The maximum absolute atomic E-state index is 11.9. The summed E-state index contributed by atoms with van der Waals surface area (Å²) in [6.45, 7) is 6.91. The molecule has 112 valence electrons. The van der Waals surface area contributed by atoms with Gasteiger partial charge >= 0.3 is 6.09 Å². The zero-order chi connectivity index (χ0) is 15.6. The third-order valence-electron chi connectivity index (χ3n) is 3.47. The number of benzene rings is 1. The largest absolute Gasteiger partial charge is 0.444 e. The Morgan fingerprint density at radius 3 is 2.38 bits per heavy atom. The van der Waals surface area contributed by atoms with Crippen LogP contribution in [0.25, 0.3) is 0 Å². The highest BCUT2D eigenvalue weighted by Crippen LogP contribution is 2.23. The van der Waals surface area contributed by atoms with E-state index in [4.69, 9.17) is 10.00 Å². The van der Waals surface area contributed by atoms with Gasteiger partial charge in [0.05, 0.1) is 17.7 Å². The number of nitrogens with zero attached hydrogens (tertiary/aromatic N) is 3. The summed E-state index contributed by atoms with van der Waals surface area (Å²) in [6.07, 6.45) is -0.257. The van der Waals surface area contributed by atoms with Crippen LogP contribution in [0.2, 0.25) is 0 Å². The van der Waals surface area contributed by atoms with Gasteiger partial charge < -0.3 is 14.5 Å². The van der Waals surface area contributed by atoms with E-state index >= 15 is 0 Å². The van der Waals surface area contributed by atoms with Crippen molar-refractivity contribution in [2.75, 3.05) is 25.0 Å². The highest BCUT2D eigenvalue weighted by atomic mass is 16.6. The summed E-state index contributed by atoms with van der Waals surface area (Å²) in [4.78, 5) is 15.7. The van der Waals surface area contributed by atoms with E-state index in [1.54, 1.807) is 17.0 Å². The predicted molar refractivity (Wildman–Crippen MR) is 81.2 cm³/mol. The summed E-state index contributed by atoms with van der Waals surface area (Å²) in [6, 6.07) is 9.84. The van der Waals surface area contributed by atoms with E-state index in [1.165, 1.54) is 0 Å². The van der Waals surface area contributed by atoms with E-state index in [0.717, 1.165) is 5.69 Å². The standard InChI is InChI=1S/C16H21N3O2/c1-16(2,3)21-15(20)19-10-14(11-19)18(4)13-7-5-12(9-17)6-8-13/h5-8,14H,10-11H2,1-4H3. The van der Waals surface area contributed by atoms with Crippen molar-refractivity contribution in [2.24, 2.45) is 0 Å². The first-order valence-corrected chi connectivity index (χ1v) is 7.01. The molecule has 1 aromatic carbocycles. The van der Waals surface area contributed by atoms with E-state index in [2.05, 4.69) is 11.0 Å². The Kier molecular flexibility index (Phi) is 4.08. The van der Waals surface area contributed by atoms with Gasteiger partial charge in [-0.05, 0) is 45.0 Å². The molecule has 0 spiro atoms. The van der Waals surface area contributed by atoms with Crippen LogP contribution < -0.4 is 4.90 Å². The number of nitriles is 1. The molecule has 1 fully saturated rings. The van der Waals surface area contributed by atoms with Crippen molar-refractivity contribution < 1.29 is 9.53 Å². The van der Waals surface area contributed by atoms with Gasteiger partial charge in [-0.1, -0.05) is 0 Å². The van der Waals surface area contributed by atoms with Crippen LogP contribution in [-0.4, -0.2) is 42.8 Å². The average molecular weight is 287 g/mol. The van der Waals surface area contributed by atoms with Crippen LogP contribution in [0.3, 0.4) is 0 Å². The Labute approximate surface area is 125 Å². The zero-order valence-corrected chi connectivity index (χ0v) is 13.0. The quantitative estimate of drug-likeness (QED) is 0.839. The van der Waals surface area contributed by atoms with Crippen molar-refractivity contribution in [1.82, 2.24) is 4.90 Å². The maximum Gasteiger partial charge on any atom is 0.410 e. The molecule has 0 bridgehead atoms. The van der Waals surface area contributed by atoms with Crippen molar-refractivity contribution in [3.05, 3.63) is 29.8 Å². The van der Waals surface area contributed by atoms with Gasteiger partial charge in [0.1, 0.15) is 5.60 Å². The van der Waals surface area contributed by atoms with E-state index in [1.807, 2.05) is 40.0 Å². The van der Waals surface area contributed by atoms with Crippen LogP contribution in [0, 0.1) is 11.3 Å². The number of likely N-dealkylation sites (tertiary alicyclic amines) is 1. The van der Waals surface area contributed by atoms with Crippen molar-refractivity contribution in [1.29, 1.82) is 5.26 Å². The summed E-state index contributed by atoms with van der Waals surface area (Å²) < 4.78 is 5.34. The first-order chi connectivity index (χ1) is 9.80. The fraction of sp³-hybridized carbons (Fsp3) is 0.500. The summed E-state index contributed by atoms with van der Waals surface area (Å²) in [5.74, 6) is 0. The Bertz CT molecular complexity index is 548. The number of carbonyl (C=O) groups excluding carboxylic acids is 1. The molecule has 0 aliphatic carbocycles. The normalized spacial score (nSPS) is 15.1. The van der Waals surface area contributed by atoms with Gasteiger partial charge in [0.25, 0.3) is 0 Å². The van der Waals surface area contributed by atoms with Crippen LogP contribution in [-0.2, 0) is 4.74 Å². The lowest BCUT2D eigenvalue weighted by molar-refractivity contribution is 0.00852. The molecule has 21 heavy (non-hydrogen) atoms. The Hall–Kier alpha value is -2.22. The SMILES string of the molecule is CN(c1ccc(C#N)cc1)C1CN(C(=O)OC(C)(C)C)C1. The summed E-state index contributed by atoms with van der Waals surface area (Å²) in [5, 5.41) is 8.80. The molecule has 1 aromatic rings. The molecule has 1 saturated heterocycles. The number of hydrogen-bond acceptors (Lipinski definition) is 4. The maximum atomic E-state index is 11.9. The Morgan fingerprint density at radius 1 is 1.33 bits per heavy atom. The van der Waals surface area contributed by atoms with Crippen LogP contribution >= 0.6 is 0 Å². The highest BCUT2D eigenvalue weighted by Gasteiger charge is 2.35. The van der Waals surface area contributed by atoms with E-state index in [0.29, 0.717) is 18.7 Å². The number of anilines is 1. The first-order valence-electron chi connectivity index (χ1n) is 7.01. The van der Waals surface area contributed by atoms with Crippen LogP contribution in [0.15, 0.2) is 24.3 Å². The monoisotopic (exact) mass is 287 g/mol. The predicted octanol–water partition coefficient (Wildman–Crippen LogP) is 2.61. The minimum atomic E-state index is -0.457. The molecular formula is C16H21N3O2. The minimum Gasteiger partial charge on any atom is -0.444 e. The summed E-state index contributed by atoms with van der Waals surface area (Å²) in [7, 11) is 2.00. The van der Waals surface area contributed by atoms with E-state index in [-0.39, 0.29) is 12.1 Å². The van der Waals surface area contributed by atoms with Crippen molar-refractivity contribution in [2.45, 2.75) is 32.4 Å². The smallest absolute Gasteiger partial charge is 0.410 e. The molecule has 0 saturated carbocycles. The van der Waals surface area contributed by atoms with Gasteiger partial charge in [0, 0.05) is 25.8 Å². The molecule has 2 rings (SSSR count). The van der Waals surface area contributed by atoms with Gasteiger partial charge in [0.15, 0.2) is 0 Å². The number of likely N-dealkylation sites (N-methyl/N-ethyl adjacent to an activating group) is 1. The van der Waals surface area contributed by atoms with Crippen LogP contribution in [0.4, 0.5) is 10.5 Å².